The van der Waals surface area contributed by atoms with Gasteiger partial charge in [0, 0.05) is 14.2 Å². The van der Waals surface area contributed by atoms with E-state index in [1.54, 1.807) is 0 Å². The monoisotopic (exact) mass is 152 g/mol. The SMILES string of the molecule is F.NC(CS)C(=O)O.[B]. The molecule has 0 rings (SSSR count). The Morgan fingerprint density at radius 2 is 2.11 bits per heavy atom. The van der Waals surface area contributed by atoms with Crippen LogP contribution in [0, 0.1) is 0 Å². The molecule has 6 heteroatoms. The zero-order valence-electron chi connectivity index (χ0n) is 4.65. The van der Waals surface area contributed by atoms with E-state index in [0.29, 0.717) is 0 Å². The largest absolute Gasteiger partial charge is 0.480 e. The molecule has 3 radical (unpaired) electrons. The number of hydrogen-bond donors (Lipinski definition) is 3. The maximum absolute atomic E-state index is 9.76. The molecule has 0 aromatic heterocycles. The maximum Gasteiger partial charge on any atom is 0.321 e. The number of halogens is 1. The van der Waals surface area contributed by atoms with Crippen molar-refractivity contribution in [1.29, 1.82) is 0 Å². The quantitative estimate of drug-likeness (QED) is 0.355. The summed E-state index contributed by atoms with van der Waals surface area (Å²) in [5.74, 6) is -0.815. The number of aliphatic carboxylic acids is 1. The van der Waals surface area contributed by atoms with Crippen LogP contribution in [0.15, 0.2) is 0 Å². The number of thiol groups is 1. The smallest absolute Gasteiger partial charge is 0.321 e. The summed E-state index contributed by atoms with van der Waals surface area (Å²) in [5, 5.41) is 8.01. The van der Waals surface area contributed by atoms with Gasteiger partial charge in [0.05, 0.1) is 0 Å². The minimum absolute atomic E-state index is 0. The van der Waals surface area contributed by atoms with Crippen LogP contribution in [0.1, 0.15) is 0 Å². The van der Waals surface area contributed by atoms with Gasteiger partial charge in [-0.15, -0.1) is 0 Å². The Labute approximate surface area is 60.0 Å². The van der Waals surface area contributed by atoms with Gasteiger partial charge in [-0.1, -0.05) is 0 Å². The summed E-state index contributed by atoms with van der Waals surface area (Å²) in [5.41, 5.74) is 4.94. The van der Waals surface area contributed by atoms with Crippen LogP contribution in [0.3, 0.4) is 0 Å². The predicted molar refractivity (Wildman–Crippen MR) is 37.7 cm³/mol. The molecule has 0 saturated heterocycles. The van der Waals surface area contributed by atoms with Gasteiger partial charge < -0.3 is 10.8 Å². The molecule has 0 fully saturated rings. The van der Waals surface area contributed by atoms with E-state index in [4.69, 9.17) is 10.8 Å². The van der Waals surface area contributed by atoms with Gasteiger partial charge in [0.1, 0.15) is 6.04 Å². The van der Waals surface area contributed by atoms with Crippen LogP contribution in [0.25, 0.3) is 0 Å². The number of rotatable bonds is 2. The Balaban J connectivity index is -0.000000180. The molecule has 0 bridgehead atoms. The molecule has 1 unspecified atom stereocenters. The van der Waals surface area contributed by atoms with E-state index in [1.807, 2.05) is 0 Å². The lowest BCUT2D eigenvalue weighted by Gasteiger charge is -1.96. The molecule has 9 heavy (non-hydrogen) atoms. The molecule has 0 aromatic rings. The molecule has 0 heterocycles. The lowest BCUT2D eigenvalue weighted by Crippen LogP contribution is -2.31. The van der Waals surface area contributed by atoms with Gasteiger partial charge in [0.15, 0.2) is 0 Å². The fourth-order valence-corrected chi connectivity index (χ4v) is 0.234. The molecular formula is C3H8BFNO2S. The Kier molecular flexibility index (Phi) is 13.7. The Morgan fingerprint density at radius 3 is 2.11 bits per heavy atom. The third kappa shape index (κ3) is 7.77. The highest BCUT2D eigenvalue weighted by molar-refractivity contribution is 7.80. The molecule has 0 saturated carbocycles. The molecule has 0 aromatic carbocycles. The molecule has 0 amide bonds. The maximum atomic E-state index is 9.76. The lowest BCUT2D eigenvalue weighted by molar-refractivity contribution is -0.137. The summed E-state index contributed by atoms with van der Waals surface area (Å²) >= 11 is 3.65. The highest BCUT2D eigenvalue weighted by atomic mass is 32.1. The van der Waals surface area contributed by atoms with Gasteiger partial charge in [-0.2, -0.15) is 12.6 Å². The molecule has 0 spiro atoms. The highest BCUT2D eigenvalue weighted by Crippen LogP contribution is 1.80. The average Bonchev–Trinajstić information content (AvgIpc) is 1.65. The molecule has 0 aliphatic rings. The van der Waals surface area contributed by atoms with Gasteiger partial charge in [-0.25, -0.2) is 0 Å². The van der Waals surface area contributed by atoms with Crippen molar-refractivity contribution in [3.63, 3.8) is 0 Å². The van der Waals surface area contributed by atoms with Crippen LogP contribution in [-0.2, 0) is 4.79 Å². The number of carboxylic acids is 1. The van der Waals surface area contributed by atoms with Gasteiger partial charge in [0.2, 0.25) is 0 Å². The van der Waals surface area contributed by atoms with Crippen LogP contribution in [0.5, 0.6) is 0 Å². The molecule has 1 atom stereocenters. The van der Waals surface area contributed by atoms with E-state index < -0.39 is 12.0 Å². The first-order valence-electron chi connectivity index (χ1n) is 1.77. The fourth-order valence-electron chi connectivity index (χ4n) is 0.0781. The zero-order valence-corrected chi connectivity index (χ0v) is 5.54. The number of hydrogen-bond acceptors (Lipinski definition) is 3. The number of nitrogens with two attached hydrogens (primary N) is 1. The normalized spacial score (nSPS) is 10.4. The first-order chi connectivity index (χ1) is 3.18. The second-order valence-corrected chi connectivity index (χ2v) is 1.49. The minimum atomic E-state index is -1.00. The standard InChI is InChI=1S/C3H7NO2S.B.FH/c4-2(1-7)3(5)6;;/h2,7H,1,4H2,(H,5,6);;1H. The van der Waals surface area contributed by atoms with Crippen LogP contribution in [0.4, 0.5) is 4.70 Å². The van der Waals surface area contributed by atoms with Gasteiger partial charge in [0.25, 0.3) is 0 Å². The van der Waals surface area contributed by atoms with Gasteiger partial charge in [-0.05, 0) is 0 Å². The van der Waals surface area contributed by atoms with E-state index in [9.17, 15) is 4.79 Å². The Bertz CT molecular complexity index is 84.2. The summed E-state index contributed by atoms with van der Waals surface area (Å²) in [6, 6.07) is -0.816. The molecule has 53 valence electrons. The highest BCUT2D eigenvalue weighted by Gasteiger charge is 2.06. The van der Waals surface area contributed by atoms with E-state index in [0.717, 1.165) is 0 Å². The van der Waals surface area contributed by atoms with Crippen molar-refractivity contribution in [2.45, 2.75) is 6.04 Å². The van der Waals surface area contributed by atoms with E-state index in [2.05, 4.69) is 12.6 Å². The minimum Gasteiger partial charge on any atom is -0.480 e. The molecule has 3 nitrogen and oxygen atoms in total. The van der Waals surface area contributed by atoms with Crippen LogP contribution >= 0.6 is 12.6 Å². The molecule has 0 aliphatic heterocycles. The third-order valence-corrected chi connectivity index (χ3v) is 0.907. The van der Waals surface area contributed by atoms with Crippen molar-refractivity contribution in [2.24, 2.45) is 5.73 Å². The lowest BCUT2D eigenvalue weighted by atomic mass is 10.4. The molecular weight excluding hydrogens is 144 g/mol. The van der Waals surface area contributed by atoms with E-state index in [-0.39, 0.29) is 18.9 Å². The molecule has 3 N–H and O–H groups in total. The fraction of sp³-hybridized carbons (Fsp3) is 0.667. The Morgan fingerprint density at radius 1 is 1.78 bits per heavy atom. The third-order valence-electron chi connectivity index (χ3n) is 0.514. The van der Waals surface area contributed by atoms with Crippen LogP contribution in [0.2, 0.25) is 0 Å². The topological polar surface area (TPSA) is 63.3 Å². The summed E-state index contributed by atoms with van der Waals surface area (Å²) in [7, 11) is 0. The van der Waals surface area contributed by atoms with Crippen molar-refractivity contribution >= 4 is 27.0 Å². The van der Waals surface area contributed by atoms with Crippen molar-refractivity contribution in [3.8, 4) is 0 Å². The van der Waals surface area contributed by atoms with Crippen molar-refractivity contribution in [3.05, 3.63) is 0 Å². The first kappa shape index (κ1) is 15.9. The first-order valence-corrected chi connectivity index (χ1v) is 2.41. The summed E-state index contributed by atoms with van der Waals surface area (Å²) < 4.78 is 0. The van der Waals surface area contributed by atoms with E-state index in [1.165, 1.54) is 0 Å². The summed E-state index contributed by atoms with van der Waals surface area (Å²) in [6.45, 7) is 0. The van der Waals surface area contributed by atoms with E-state index >= 15 is 0 Å². The second-order valence-electron chi connectivity index (χ2n) is 1.13. The Hall–Kier alpha value is -0.225. The molecule has 0 aliphatic carbocycles. The summed E-state index contributed by atoms with van der Waals surface area (Å²) in [6.07, 6.45) is 0. The summed E-state index contributed by atoms with van der Waals surface area (Å²) in [4.78, 5) is 9.76. The van der Waals surface area contributed by atoms with Crippen molar-refractivity contribution in [1.82, 2.24) is 0 Å². The number of carbonyl (C=O) groups is 1. The van der Waals surface area contributed by atoms with Crippen molar-refractivity contribution < 1.29 is 14.6 Å². The van der Waals surface area contributed by atoms with Crippen molar-refractivity contribution in [2.75, 3.05) is 5.75 Å². The average molecular weight is 152 g/mol. The second kappa shape index (κ2) is 7.77. The van der Waals surface area contributed by atoms with Crippen LogP contribution < -0.4 is 5.73 Å². The van der Waals surface area contributed by atoms with Gasteiger partial charge in [-0.3, -0.25) is 9.50 Å². The predicted octanol–water partition coefficient (Wildman–Crippen LogP) is -0.900. The zero-order chi connectivity index (χ0) is 5.86. The number of carboxylic acid groups (broad SMARTS) is 1. The van der Waals surface area contributed by atoms with Gasteiger partial charge >= 0.3 is 5.97 Å². The van der Waals surface area contributed by atoms with Crippen LogP contribution in [-0.4, -0.2) is 31.3 Å².